The minimum absolute atomic E-state index is 0.0206. The molecule has 0 radical (unpaired) electrons. The number of carbonyl (C=O) groups excluding carboxylic acids is 3. The minimum atomic E-state index is -0.541. The van der Waals surface area contributed by atoms with Crippen LogP contribution in [0.1, 0.15) is 39.2 Å². The van der Waals surface area contributed by atoms with Gasteiger partial charge in [0.05, 0.1) is 6.54 Å². The predicted octanol–water partition coefficient (Wildman–Crippen LogP) is 2.27. The summed E-state index contributed by atoms with van der Waals surface area (Å²) in [5.41, 5.74) is 0.399. The third kappa shape index (κ3) is 6.69. The second kappa shape index (κ2) is 10.1. The van der Waals surface area contributed by atoms with E-state index in [0.717, 1.165) is 12.0 Å². The lowest BCUT2D eigenvalue weighted by molar-refractivity contribution is -0.160. The van der Waals surface area contributed by atoms with Crippen molar-refractivity contribution in [2.45, 2.75) is 51.9 Å². The molecule has 0 N–H and O–H groups in total. The van der Waals surface area contributed by atoms with Crippen LogP contribution in [0.2, 0.25) is 0 Å². The fraction of sp³-hybridized carbons (Fsp3) is 0.609. The number of amides is 2. The van der Waals surface area contributed by atoms with Gasteiger partial charge in [0.25, 0.3) is 0 Å². The molecule has 31 heavy (non-hydrogen) atoms. The van der Waals surface area contributed by atoms with Crippen molar-refractivity contribution in [1.82, 2.24) is 14.7 Å². The number of esters is 1. The molecule has 3 rings (SSSR count). The summed E-state index contributed by atoms with van der Waals surface area (Å²) in [7, 11) is 0. The molecule has 2 fully saturated rings. The third-order valence-corrected chi connectivity index (χ3v) is 5.48. The maximum absolute atomic E-state index is 12.8. The van der Waals surface area contributed by atoms with E-state index in [1.165, 1.54) is 0 Å². The molecular formula is C23H33N3O5. The zero-order chi connectivity index (χ0) is 22.4. The fourth-order valence-electron chi connectivity index (χ4n) is 3.87. The van der Waals surface area contributed by atoms with Crippen LogP contribution in [0.4, 0.5) is 4.79 Å². The van der Waals surface area contributed by atoms with Gasteiger partial charge in [-0.3, -0.25) is 14.5 Å². The molecule has 2 saturated heterocycles. The Balaban J connectivity index is 1.43. The van der Waals surface area contributed by atoms with E-state index in [1.54, 1.807) is 9.80 Å². The highest BCUT2D eigenvalue weighted by Gasteiger charge is 2.36. The SMILES string of the molecule is CC(C)(C)OC(=O)[C@@H]1CCCN1CC(=O)N1CCN(C(=O)OCc2ccccc2)CC1. The largest absolute Gasteiger partial charge is 0.459 e. The second-order valence-electron chi connectivity index (χ2n) is 9.07. The van der Waals surface area contributed by atoms with Gasteiger partial charge in [0.1, 0.15) is 18.2 Å². The smallest absolute Gasteiger partial charge is 0.410 e. The molecule has 1 atom stereocenters. The first-order valence-corrected chi connectivity index (χ1v) is 10.9. The number of rotatable bonds is 5. The molecule has 0 aromatic heterocycles. The Labute approximate surface area is 184 Å². The molecule has 0 bridgehead atoms. The number of carbonyl (C=O) groups is 3. The molecule has 2 aliphatic rings. The van der Waals surface area contributed by atoms with E-state index in [1.807, 2.05) is 56.0 Å². The lowest BCUT2D eigenvalue weighted by Crippen LogP contribution is -2.53. The van der Waals surface area contributed by atoms with E-state index in [4.69, 9.17) is 9.47 Å². The van der Waals surface area contributed by atoms with Gasteiger partial charge in [-0.2, -0.15) is 0 Å². The zero-order valence-electron chi connectivity index (χ0n) is 18.7. The van der Waals surface area contributed by atoms with Gasteiger partial charge in [0.2, 0.25) is 5.91 Å². The fourth-order valence-corrected chi connectivity index (χ4v) is 3.87. The van der Waals surface area contributed by atoms with Gasteiger partial charge >= 0.3 is 12.1 Å². The number of hydrogen-bond acceptors (Lipinski definition) is 6. The van der Waals surface area contributed by atoms with E-state index in [-0.39, 0.29) is 37.2 Å². The molecular weight excluding hydrogens is 398 g/mol. The summed E-state index contributed by atoms with van der Waals surface area (Å²) in [5.74, 6) is -0.281. The van der Waals surface area contributed by atoms with Crippen molar-refractivity contribution in [3.05, 3.63) is 35.9 Å². The van der Waals surface area contributed by atoms with Crippen LogP contribution in [0.3, 0.4) is 0 Å². The predicted molar refractivity (Wildman–Crippen MR) is 115 cm³/mol. The average molecular weight is 432 g/mol. The molecule has 8 heteroatoms. The minimum Gasteiger partial charge on any atom is -0.459 e. The molecule has 0 unspecified atom stereocenters. The molecule has 2 heterocycles. The lowest BCUT2D eigenvalue weighted by atomic mass is 10.1. The van der Waals surface area contributed by atoms with Crippen LogP contribution in [0.15, 0.2) is 30.3 Å². The summed E-state index contributed by atoms with van der Waals surface area (Å²) < 4.78 is 10.9. The Morgan fingerprint density at radius 2 is 1.61 bits per heavy atom. The van der Waals surface area contributed by atoms with Crippen molar-refractivity contribution in [3.8, 4) is 0 Å². The van der Waals surface area contributed by atoms with Gasteiger partial charge in [0.15, 0.2) is 0 Å². The first-order chi connectivity index (χ1) is 14.7. The number of hydrogen-bond donors (Lipinski definition) is 0. The van der Waals surface area contributed by atoms with Crippen LogP contribution in [0, 0.1) is 0 Å². The summed E-state index contributed by atoms with van der Waals surface area (Å²) in [6.07, 6.45) is 1.22. The van der Waals surface area contributed by atoms with Crippen molar-refractivity contribution in [2.24, 2.45) is 0 Å². The van der Waals surface area contributed by atoms with Crippen molar-refractivity contribution in [3.63, 3.8) is 0 Å². The lowest BCUT2D eigenvalue weighted by Gasteiger charge is -2.35. The van der Waals surface area contributed by atoms with E-state index < -0.39 is 5.60 Å². The zero-order valence-corrected chi connectivity index (χ0v) is 18.7. The first-order valence-electron chi connectivity index (χ1n) is 10.9. The van der Waals surface area contributed by atoms with Gasteiger partial charge in [-0.15, -0.1) is 0 Å². The van der Waals surface area contributed by atoms with Gasteiger partial charge in [-0.1, -0.05) is 30.3 Å². The van der Waals surface area contributed by atoms with Crippen LogP contribution in [-0.2, 0) is 25.7 Å². The van der Waals surface area contributed by atoms with Crippen molar-refractivity contribution in [1.29, 1.82) is 0 Å². The second-order valence-corrected chi connectivity index (χ2v) is 9.07. The Morgan fingerprint density at radius 1 is 0.968 bits per heavy atom. The van der Waals surface area contributed by atoms with E-state index in [2.05, 4.69) is 0 Å². The molecule has 2 amide bonds. The normalized spacial score (nSPS) is 19.9. The third-order valence-electron chi connectivity index (χ3n) is 5.48. The molecule has 0 spiro atoms. The maximum atomic E-state index is 12.8. The Bertz CT molecular complexity index is 769. The molecule has 1 aromatic carbocycles. The highest BCUT2D eigenvalue weighted by Crippen LogP contribution is 2.21. The number of nitrogens with zero attached hydrogens (tertiary/aromatic N) is 3. The van der Waals surface area contributed by atoms with E-state index >= 15 is 0 Å². The highest BCUT2D eigenvalue weighted by molar-refractivity contribution is 5.81. The van der Waals surface area contributed by atoms with Gasteiger partial charge < -0.3 is 19.3 Å². The Hall–Kier alpha value is -2.61. The number of piperazine rings is 1. The number of likely N-dealkylation sites (tertiary alicyclic amines) is 1. The maximum Gasteiger partial charge on any atom is 0.410 e. The van der Waals surface area contributed by atoms with Crippen LogP contribution < -0.4 is 0 Å². The molecule has 1 aromatic rings. The van der Waals surface area contributed by atoms with E-state index in [9.17, 15) is 14.4 Å². The van der Waals surface area contributed by atoms with E-state index in [0.29, 0.717) is 39.1 Å². The average Bonchev–Trinajstić information content (AvgIpc) is 3.20. The Morgan fingerprint density at radius 3 is 2.26 bits per heavy atom. The molecule has 0 aliphatic carbocycles. The van der Waals surface area contributed by atoms with Crippen molar-refractivity contribution >= 4 is 18.0 Å². The number of ether oxygens (including phenoxy) is 2. The van der Waals surface area contributed by atoms with Crippen LogP contribution in [0.25, 0.3) is 0 Å². The standard InChI is InChI=1S/C23H33N3O5/c1-23(2,3)31-21(28)19-10-7-11-26(19)16-20(27)24-12-14-25(15-13-24)22(29)30-17-18-8-5-4-6-9-18/h4-6,8-9,19H,7,10-17H2,1-3H3/t19-/m0/s1. The summed E-state index contributed by atoms with van der Waals surface area (Å²) >= 11 is 0. The monoisotopic (exact) mass is 431 g/mol. The van der Waals surface area contributed by atoms with Gasteiger partial charge in [0, 0.05) is 26.2 Å². The quantitative estimate of drug-likeness (QED) is 0.666. The van der Waals surface area contributed by atoms with Gasteiger partial charge in [-0.05, 0) is 45.7 Å². The summed E-state index contributed by atoms with van der Waals surface area (Å²) in [6.45, 7) is 8.49. The highest BCUT2D eigenvalue weighted by atomic mass is 16.6. The van der Waals surface area contributed by atoms with Crippen LogP contribution in [-0.4, -0.2) is 83.6 Å². The van der Waals surface area contributed by atoms with Crippen molar-refractivity contribution in [2.75, 3.05) is 39.3 Å². The Kier molecular flexibility index (Phi) is 7.54. The van der Waals surface area contributed by atoms with Crippen LogP contribution >= 0.6 is 0 Å². The molecule has 8 nitrogen and oxygen atoms in total. The number of benzene rings is 1. The van der Waals surface area contributed by atoms with Gasteiger partial charge in [-0.25, -0.2) is 4.79 Å². The topological polar surface area (TPSA) is 79.4 Å². The summed E-state index contributed by atoms with van der Waals surface area (Å²) in [4.78, 5) is 42.9. The molecule has 2 aliphatic heterocycles. The summed E-state index contributed by atoms with van der Waals surface area (Å²) in [5, 5.41) is 0. The summed E-state index contributed by atoms with van der Waals surface area (Å²) in [6, 6.07) is 9.18. The first kappa shape index (κ1) is 23.1. The molecule has 0 saturated carbocycles. The van der Waals surface area contributed by atoms with Crippen LogP contribution in [0.5, 0.6) is 0 Å². The van der Waals surface area contributed by atoms with Crippen molar-refractivity contribution < 1.29 is 23.9 Å². The molecule has 170 valence electrons.